The van der Waals surface area contributed by atoms with Gasteiger partial charge in [-0.2, -0.15) is 0 Å². The lowest BCUT2D eigenvalue weighted by atomic mass is 9.89. The van der Waals surface area contributed by atoms with E-state index in [1.54, 1.807) is 14.2 Å². The molecule has 98 valence electrons. The zero-order chi connectivity index (χ0) is 13.5. The van der Waals surface area contributed by atoms with E-state index in [4.69, 9.17) is 14.2 Å². The summed E-state index contributed by atoms with van der Waals surface area (Å²) < 4.78 is 16.1. The third-order valence-electron chi connectivity index (χ3n) is 3.18. The van der Waals surface area contributed by atoms with E-state index >= 15 is 0 Å². The molecule has 0 radical (unpaired) electrons. The molecular formula is C14H18O4. The molecule has 1 aliphatic heterocycles. The lowest BCUT2D eigenvalue weighted by Crippen LogP contribution is -2.36. The first kappa shape index (κ1) is 12.7. The maximum Gasteiger partial charge on any atom is 0.342 e. The Bertz CT molecular complexity index is 503. The summed E-state index contributed by atoms with van der Waals surface area (Å²) in [4.78, 5) is 12.1. The topological polar surface area (TPSA) is 44.8 Å². The number of fused-ring (bicyclic) bond motifs is 1. The summed E-state index contributed by atoms with van der Waals surface area (Å²) in [5, 5.41) is 0. The maximum absolute atomic E-state index is 12.1. The van der Waals surface area contributed by atoms with Crippen LogP contribution in [0.15, 0.2) is 6.07 Å². The van der Waals surface area contributed by atoms with Crippen LogP contribution in [-0.2, 0) is 11.2 Å². The van der Waals surface area contributed by atoms with Gasteiger partial charge in [-0.1, -0.05) is 0 Å². The number of cyclic esters (lactones) is 1. The molecule has 4 heteroatoms. The molecule has 0 spiro atoms. The van der Waals surface area contributed by atoms with Crippen LogP contribution in [-0.4, -0.2) is 25.8 Å². The Labute approximate surface area is 107 Å². The fraction of sp³-hybridized carbons (Fsp3) is 0.500. The van der Waals surface area contributed by atoms with Gasteiger partial charge in [-0.05, 0) is 32.4 Å². The predicted molar refractivity (Wildman–Crippen MR) is 67.5 cm³/mol. The monoisotopic (exact) mass is 250 g/mol. The molecule has 0 bridgehead atoms. The maximum atomic E-state index is 12.1. The van der Waals surface area contributed by atoms with Crippen LogP contribution < -0.4 is 9.47 Å². The van der Waals surface area contributed by atoms with Crippen LogP contribution in [0.3, 0.4) is 0 Å². The van der Waals surface area contributed by atoms with Crippen molar-refractivity contribution >= 4 is 5.97 Å². The Morgan fingerprint density at radius 2 is 1.94 bits per heavy atom. The van der Waals surface area contributed by atoms with Gasteiger partial charge < -0.3 is 14.2 Å². The average molecular weight is 250 g/mol. The van der Waals surface area contributed by atoms with Gasteiger partial charge in [-0.3, -0.25) is 0 Å². The second-order valence-corrected chi connectivity index (χ2v) is 5.10. The van der Waals surface area contributed by atoms with Crippen LogP contribution in [0.4, 0.5) is 0 Å². The number of hydrogen-bond donors (Lipinski definition) is 0. The SMILES string of the molecule is COc1cc2c(c(OC)c1C)C(=O)OC(C)(C)C2. The third kappa shape index (κ3) is 1.92. The number of benzene rings is 1. The minimum absolute atomic E-state index is 0.330. The predicted octanol–water partition coefficient (Wildman–Crippen LogP) is 2.50. The lowest BCUT2D eigenvalue weighted by Gasteiger charge is -2.32. The van der Waals surface area contributed by atoms with E-state index < -0.39 is 5.60 Å². The second-order valence-electron chi connectivity index (χ2n) is 5.10. The smallest absolute Gasteiger partial charge is 0.342 e. The standard InChI is InChI=1S/C14H18O4/c1-8-10(16-4)6-9-7-14(2,3)18-13(15)11(9)12(8)17-5/h6H,7H2,1-5H3. The van der Waals surface area contributed by atoms with Crippen molar-refractivity contribution in [1.82, 2.24) is 0 Å². The van der Waals surface area contributed by atoms with Crippen molar-refractivity contribution in [2.75, 3.05) is 14.2 Å². The van der Waals surface area contributed by atoms with Crippen LogP contribution in [0.25, 0.3) is 0 Å². The van der Waals surface area contributed by atoms with Gasteiger partial charge in [0.05, 0.1) is 14.2 Å². The van der Waals surface area contributed by atoms with Gasteiger partial charge in [0.15, 0.2) is 0 Å². The molecule has 0 unspecified atom stereocenters. The summed E-state index contributed by atoms with van der Waals surface area (Å²) >= 11 is 0. The molecule has 1 heterocycles. The molecule has 4 nitrogen and oxygen atoms in total. The molecule has 0 atom stereocenters. The number of hydrogen-bond acceptors (Lipinski definition) is 4. The molecule has 0 saturated heterocycles. The first-order valence-corrected chi connectivity index (χ1v) is 5.87. The van der Waals surface area contributed by atoms with E-state index in [0.29, 0.717) is 17.7 Å². The highest BCUT2D eigenvalue weighted by atomic mass is 16.6. The van der Waals surface area contributed by atoms with Gasteiger partial charge in [0.25, 0.3) is 0 Å². The first-order chi connectivity index (χ1) is 8.39. The fourth-order valence-corrected chi connectivity index (χ4v) is 2.41. The molecule has 0 aliphatic carbocycles. The number of carbonyl (C=O) groups is 1. The zero-order valence-electron chi connectivity index (χ0n) is 11.4. The van der Waals surface area contributed by atoms with Crippen LogP contribution >= 0.6 is 0 Å². The van der Waals surface area contributed by atoms with Crippen LogP contribution in [0.1, 0.15) is 35.3 Å². The fourth-order valence-electron chi connectivity index (χ4n) is 2.41. The summed E-state index contributed by atoms with van der Waals surface area (Å²) in [7, 11) is 3.16. The molecular weight excluding hydrogens is 232 g/mol. The van der Waals surface area contributed by atoms with E-state index in [-0.39, 0.29) is 5.97 Å². The number of methoxy groups -OCH3 is 2. The van der Waals surface area contributed by atoms with Gasteiger partial charge in [-0.25, -0.2) is 4.79 Å². The van der Waals surface area contributed by atoms with E-state index in [9.17, 15) is 4.79 Å². The van der Waals surface area contributed by atoms with Crippen molar-refractivity contribution in [2.24, 2.45) is 0 Å². The Morgan fingerprint density at radius 1 is 1.28 bits per heavy atom. The summed E-state index contributed by atoms with van der Waals surface area (Å²) in [5.41, 5.74) is 1.76. The largest absolute Gasteiger partial charge is 0.496 e. The van der Waals surface area contributed by atoms with Crippen molar-refractivity contribution in [2.45, 2.75) is 32.8 Å². The molecule has 2 rings (SSSR count). The normalized spacial score (nSPS) is 16.8. The number of carbonyl (C=O) groups excluding carboxylic acids is 1. The lowest BCUT2D eigenvalue weighted by molar-refractivity contribution is -0.00694. The first-order valence-electron chi connectivity index (χ1n) is 5.87. The van der Waals surface area contributed by atoms with Gasteiger partial charge in [0.1, 0.15) is 22.7 Å². The number of esters is 1. The molecule has 18 heavy (non-hydrogen) atoms. The van der Waals surface area contributed by atoms with Gasteiger partial charge >= 0.3 is 5.97 Å². The van der Waals surface area contributed by atoms with Crippen molar-refractivity contribution < 1.29 is 19.0 Å². The Morgan fingerprint density at radius 3 is 2.50 bits per heavy atom. The molecule has 0 N–H and O–H groups in total. The molecule has 1 aromatic rings. The Balaban J connectivity index is 2.67. The van der Waals surface area contributed by atoms with E-state index in [2.05, 4.69) is 0 Å². The van der Waals surface area contributed by atoms with E-state index in [0.717, 1.165) is 16.9 Å². The van der Waals surface area contributed by atoms with Gasteiger partial charge in [0, 0.05) is 12.0 Å². The highest BCUT2D eigenvalue weighted by Crippen LogP contribution is 2.39. The molecule has 1 aromatic carbocycles. The number of rotatable bonds is 2. The minimum atomic E-state index is -0.491. The Kier molecular flexibility index (Phi) is 2.97. The summed E-state index contributed by atoms with van der Waals surface area (Å²) in [5.74, 6) is 0.949. The van der Waals surface area contributed by atoms with Crippen molar-refractivity contribution in [1.29, 1.82) is 0 Å². The van der Waals surface area contributed by atoms with Gasteiger partial charge in [0.2, 0.25) is 0 Å². The van der Waals surface area contributed by atoms with E-state index in [1.165, 1.54) is 0 Å². The second kappa shape index (κ2) is 4.19. The van der Waals surface area contributed by atoms with Crippen molar-refractivity contribution in [3.8, 4) is 11.5 Å². The highest BCUT2D eigenvalue weighted by Gasteiger charge is 2.36. The highest BCUT2D eigenvalue weighted by molar-refractivity contribution is 5.96. The minimum Gasteiger partial charge on any atom is -0.496 e. The summed E-state index contributed by atoms with van der Waals surface area (Å²) in [6.07, 6.45) is 0.654. The molecule has 0 amide bonds. The van der Waals surface area contributed by atoms with E-state index in [1.807, 2.05) is 26.8 Å². The number of ether oxygens (including phenoxy) is 3. The summed E-state index contributed by atoms with van der Waals surface area (Å²) in [6, 6.07) is 1.90. The zero-order valence-corrected chi connectivity index (χ0v) is 11.4. The molecule has 0 aromatic heterocycles. The Hall–Kier alpha value is -1.71. The average Bonchev–Trinajstić information content (AvgIpc) is 2.27. The summed E-state index contributed by atoms with van der Waals surface area (Å²) in [6.45, 7) is 5.66. The van der Waals surface area contributed by atoms with Crippen LogP contribution in [0.2, 0.25) is 0 Å². The molecule has 1 aliphatic rings. The van der Waals surface area contributed by atoms with Crippen LogP contribution in [0.5, 0.6) is 11.5 Å². The van der Waals surface area contributed by atoms with Gasteiger partial charge in [-0.15, -0.1) is 0 Å². The quantitative estimate of drug-likeness (QED) is 0.756. The molecule has 0 fully saturated rings. The molecule has 0 saturated carbocycles. The third-order valence-corrected chi connectivity index (χ3v) is 3.18. The van der Waals surface area contributed by atoms with Crippen molar-refractivity contribution in [3.05, 3.63) is 22.8 Å². The van der Waals surface area contributed by atoms with Crippen LogP contribution in [0, 0.1) is 6.92 Å². The van der Waals surface area contributed by atoms with Crippen molar-refractivity contribution in [3.63, 3.8) is 0 Å².